The smallest absolute Gasteiger partial charge is 0.267 e. The van der Waals surface area contributed by atoms with Crippen LogP contribution in [0.4, 0.5) is 5.82 Å². The van der Waals surface area contributed by atoms with Gasteiger partial charge >= 0.3 is 0 Å². The number of carbonyl (C=O) groups is 1. The van der Waals surface area contributed by atoms with Gasteiger partial charge in [-0.3, -0.25) is 18.9 Å². The van der Waals surface area contributed by atoms with Crippen molar-refractivity contribution in [3.63, 3.8) is 0 Å². The molecule has 2 aliphatic rings. The molecule has 2 atom stereocenters. The second kappa shape index (κ2) is 10.8. The summed E-state index contributed by atoms with van der Waals surface area (Å²) in [6, 6.07) is 14.0. The zero-order valence-electron chi connectivity index (χ0n) is 21.2. The normalized spacial score (nSPS) is 21.4. The van der Waals surface area contributed by atoms with E-state index in [-0.39, 0.29) is 23.7 Å². The molecule has 5 rings (SSSR count). The molecule has 2 aromatic heterocycles. The summed E-state index contributed by atoms with van der Waals surface area (Å²) in [5.74, 6) is 0.419. The van der Waals surface area contributed by atoms with E-state index in [1.54, 1.807) is 21.6 Å². The molecule has 0 spiro atoms. The number of morpholine rings is 1. The van der Waals surface area contributed by atoms with Crippen LogP contribution in [-0.2, 0) is 16.0 Å². The van der Waals surface area contributed by atoms with Crippen molar-refractivity contribution in [1.29, 1.82) is 0 Å². The molecule has 0 aliphatic carbocycles. The second-order valence-electron chi connectivity index (χ2n) is 9.62. The van der Waals surface area contributed by atoms with Gasteiger partial charge in [-0.1, -0.05) is 60.4 Å². The maximum absolute atomic E-state index is 13.7. The molecule has 0 radical (unpaired) electrons. The van der Waals surface area contributed by atoms with Crippen LogP contribution in [0.1, 0.15) is 37.0 Å². The highest BCUT2D eigenvalue weighted by atomic mass is 32.2. The Balaban J connectivity index is 1.48. The monoisotopic (exact) mass is 534 g/mol. The molecule has 2 saturated heterocycles. The highest BCUT2D eigenvalue weighted by molar-refractivity contribution is 8.26. The molecule has 3 aromatic rings. The third kappa shape index (κ3) is 5.35. The number of ether oxygens (including phenoxy) is 1. The number of aryl methyl sites for hydroxylation is 2. The summed E-state index contributed by atoms with van der Waals surface area (Å²) >= 11 is 6.80. The molecule has 0 saturated carbocycles. The Labute approximate surface area is 226 Å². The number of hydrogen-bond donors (Lipinski definition) is 0. The van der Waals surface area contributed by atoms with Crippen LogP contribution in [0, 0.1) is 6.92 Å². The number of thioether (sulfide) groups is 1. The fraction of sp³-hybridized carbons (Fsp3) is 0.357. The molecule has 0 N–H and O–H groups in total. The van der Waals surface area contributed by atoms with Crippen molar-refractivity contribution in [3.05, 3.63) is 80.6 Å². The molecule has 37 heavy (non-hydrogen) atoms. The number of aromatic nitrogens is 2. The van der Waals surface area contributed by atoms with Gasteiger partial charge in [0.2, 0.25) is 0 Å². The Morgan fingerprint density at radius 2 is 1.84 bits per heavy atom. The zero-order chi connectivity index (χ0) is 26.1. The lowest BCUT2D eigenvalue weighted by Gasteiger charge is -2.36. The van der Waals surface area contributed by atoms with E-state index in [9.17, 15) is 9.59 Å². The van der Waals surface area contributed by atoms with Crippen molar-refractivity contribution in [2.24, 2.45) is 0 Å². The Morgan fingerprint density at radius 3 is 2.57 bits per heavy atom. The fourth-order valence-electron chi connectivity index (χ4n) is 4.93. The maximum atomic E-state index is 13.7. The van der Waals surface area contributed by atoms with Crippen LogP contribution in [0.3, 0.4) is 0 Å². The van der Waals surface area contributed by atoms with Gasteiger partial charge in [0.15, 0.2) is 0 Å². The number of amides is 1. The van der Waals surface area contributed by atoms with Crippen molar-refractivity contribution in [2.45, 2.75) is 45.8 Å². The van der Waals surface area contributed by atoms with Crippen LogP contribution in [0.25, 0.3) is 11.7 Å². The number of fused-ring (bicyclic) bond motifs is 1. The summed E-state index contributed by atoms with van der Waals surface area (Å²) in [6.07, 6.45) is 5.06. The van der Waals surface area contributed by atoms with Crippen molar-refractivity contribution in [3.8, 4) is 0 Å². The van der Waals surface area contributed by atoms with Gasteiger partial charge in [0.25, 0.3) is 11.5 Å². The van der Waals surface area contributed by atoms with Crippen molar-refractivity contribution < 1.29 is 9.53 Å². The Bertz CT molecular complexity index is 1430. The van der Waals surface area contributed by atoms with Gasteiger partial charge < -0.3 is 9.64 Å². The third-order valence-corrected chi connectivity index (χ3v) is 8.00. The van der Waals surface area contributed by atoms with Crippen molar-refractivity contribution in [2.75, 3.05) is 24.5 Å². The number of thiocarbonyl (C=S) groups is 1. The Hall–Kier alpha value is -3.01. The highest BCUT2D eigenvalue weighted by Gasteiger charge is 2.33. The van der Waals surface area contributed by atoms with Crippen LogP contribution in [-0.4, -0.2) is 56.4 Å². The number of hydrogen-bond acceptors (Lipinski definition) is 7. The molecule has 192 valence electrons. The molecule has 4 heterocycles. The topological polar surface area (TPSA) is 67.2 Å². The first kappa shape index (κ1) is 25.6. The molecule has 0 unspecified atom stereocenters. The van der Waals surface area contributed by atoms with Crippen LogP contribution in [0.15, 0.2) is 58.4 Å². The average molecular weight is 535 g/mol. The molecule has 0 bridgehead atoms. The number of nitrogens with zero attached hydrogens (tertiary/aromatic N) is 4. The van der Waals surface area contributed by atoms with E-state index >= 15 is 0 Å². The van der Waals surface area contributed by atoms with Gasteiger partial charge in [0.1, 0.15) is 15.8 Å². The number of rotatable bonds is 6. The van der Waals surface area contributed by atoms with Crippen LogP contribution >= 0.6 is 24.0 Å². The van der Waals surface area contributed by atoms with Gasteiger partial charge in [-0.15, -0.1) is 0 Å². The van der Waals surface area contributed by atoms with Gasteiger partial charge in [-0.2, -0.15) is 0 Å². The predicted octanol–water partition coefficient (Wildman–Crippen LogP) is 4.45. The fourth-order valence-corrected chi connectivity index (χ4v) is 6.22. The average Bonchev–Trinajstić information content (AvgIpc) is 3.13. The van der Waals surface area contributed by atoms with Crippen LogP contribution in [0.5, 0.6) is 0 Å². The summed E-state index contributed by atoms with van der Waals surface area (Å²) in [5.41, 5.74) is 2.94. The molecule has 2 aliphatic heterocycles. The first-order chi connectivity index (χ1) is 17.8. The van der Waals surface area contributed by atoms with Gasteiger partial charge in [-0.05, 0) is 56.9 Å². The number of pyridine rings is 1. The summed E-state index contributed by atoms with van der Waals surface area (Å²) in [7, 11) is 0. The van der Waals surface area contributed by atoms with E-state index in [0.717, 1.165) is 18.4 Å². The summed E-state index contributed by atoms with van der Waals surface area (Å²) in [6.45, 7) is 7.73. The van der Waals surface area contributed by atoms with Crippen LogP contribution in [0.2, 0.25) is 0 Å². The van der Waals surface area contributed by atoms with E-state index in [4.69, 9.17) is 21.9 Å². The van der Waals surface area contributed by atoms with Gasteiger partial charge in [0, 0.05) is 25.8 Å². The Morgan fingerprint density at radius 1 is 1.11 bits per heavy atom. The summed E-state index contributed by atoms with van der Waals surface area (Å²) in [4.78, 5) is 36.2. The minimum Gasteiger partial charge on any atom is -0.372 e. The van der Waals surface area contributed by atoms with Crippen LogP contribution < -0.4 is 10.5 Å². The molecule has 9 heteroatoms. The number of carbonyl (C=O) groups excluding carboxylic acids is 1. The molecule has 1 amide bonds. The second-order valence-corrected chi connectivity index (χ2v) is 11.3. The minimum atomic E-state index is -0.204. The predicted molar refractivity (Wildman–Crippen MR) is 153 cm³/mol. The quantitative estimate of drug-likeness (QED) is 0.342. The molecule has 2 fully saturated rings. The Kier molecular flexibility index (Phi) is 7.46. The van der Waals surface area contributed by atoms with Gasteiger partial charge in [-0.25, -0.2) is 4.98 Å². The molecule has 1 aromatic carbocycles. The SMILES string of the molecule is Cc1cccn2c(=O)c(/C=C3\SC(=S)N(CCCc4ccccc4)C3=O)c(N3C[C@@H](C)O[C@H](C)C3)nc12. The van der Waals surface area contributed by atoms with Gasteiger partial charge in [0.05, 0.1) is 22.7 Å². The largest absolute Gasteiger partial charge is 0.372 e. The summed E-state index contributed by atoms with van der Waals surface area (Å²) < 4.78 is 7.99. The maximum Gasteiger partial charge on any atom is 0.267 e. The lowest BCUT2D eigenvalue weighted by Crippen LogP contribution is -2.46. The summed E-state index contributed by atoms with van der Waals surface area (Å²) in [5, 5.41) is 0. The third-order valence-electron chi connectivity index (χ3n) is 6.62. The van der Waals surface area contributed by atoms with E-state index in [0.29, 0.717) is 45.9 Å². The van der Waals surface area contributed by atoms with Crippen molar-refractivity contribution in [1.82, 2.24) is 14.3 Å². The zero-order valence-corrected chi connectivity index (χ0v) is 22.8. The first-order valence-electron chi connectivity index (χ1n) is 12.5. The van der Waals surface area contributed by atoms with E-state index in [2.05, 4.69) is 17.0 Å². The lowest BCUT2D eigenvalue weighted by atomic mass is 10.1. The van der Waals surface area contributed by atoms with E-state index < -0.39 is 0 Å². The number of benzene rings is 1. The lowest BCUT2D eigenvalue weighted by molar-refractivity contribution is -0.122. The minimum absolute atomic E-state index is 0.00320. The van der Waals surface area contributed by atoms with E-state index in [1.165, 1.54) is 17.3 Å². The molecular weight excluding hydrogens is 504 g/mol. The first-order valence-corrected chi connectivity index (χ1v) is 13.8. The number of anilines is 1. The standard InChI is InChI=1S/C28H30N4O3S2/c1-18-9-7-13-31-24(18)29-25(30-16-19(2)35-20(3)17-30)22(26(31)33)15-23-27(34)32(28(36)37-23)14-8-12-21-10-5-4-6-11-21/h4-7,9-11,13,15,19-20H,8,12,14,16-17H2,1-3H3/b23-15-/t19-,20-/m1/s1. The molecular formula is C28H30N4O3S2. The van der Waals surface area contributed by atoms with E-state index in [1.807, 2.05) is 51.1 Å². The molecule has 7 nitrogen and oxygen atoms in total. The highest BCUT2D eigenvalue weighted by Crippen LogP contribution is 2.34. The van der Waals surface area contributed by atoms with Crippen molar-refractivity contribution >= 4 is 51.7 Å².